The molecule has 162 valence electrons. The highest BCUT2D eigenvalue weighted by atomic mass is 35.5. The molecule has 0 aliphatic carbocycles. The van der Waals surface area contributed by atoms with Gasteiger partial charge in [0, 0.05) is 16.8 Å². The maximum atomic E-state index is 13.4. The molecule has 0 saturated carbocycles. The molecule has 1 N–H and O–H groups in total. The Hall–Kier alpha value is -3.96. The van der Waals surface area contributed by atoms with E-state index in [1.807, 2.05) is 78.9 Å². The smallest absolute Gasteiger partial charge is 0.257 e. The lowest BCUT2D eigenvalue weighted by atomic mass is 9.98. The van der Waals surface area contributed by atoms with Gasteiger partial charge < -0.3 is 5.32 Å². The number of rotatable bonds is 6. The van der Waals surface area contributed by atoms with Gasteiger partial charge in [-0.25, -0.2) is 9.50 Å². The van der Waals surface area contributed by atoms with Gasteiger partial charge in [-0.05, 0) is 29.7 Å². The minimum Gasteiger partial charge on any atom is -0.345 e. The van der Waals surface area contributed by atoms with Crippen molar-refractivity contribution in [2.75, 3.05) is 0 Å². The number of benzene rings is 3. The molecule has 5 aromatic rings. The summed E-state index contributed by atoms with van der Waals surface area (Å²) in [6.07, 6.45) is 3.90. The van der Waals surface area contributed by atoms with E-state index in [1.165, 1.54) is 0 Å². The molecule has 5 rings (SSSR count). The number of nitrogens with zero attached hydrogens (tertiary/aromatic N) is 3. The zero-order valence-electron chi connectivity index (χ0n) is 17.7. The third-order valence-electron chi connectivity index (χ3n) is 5.59. The molecule has 33 heavy (non-hydrogen) atoms. The zero-order valence-corrected chi connectivity index (χ0v) is 18.5. The molecular weight excluding hydrogens is 432 g/mol. The summed E-state index contributed by atoms with van der Waals surface area (Å²) in [5, 5.41) is 8.25. The number of halogens is 1. The Morgan fingerprint density at radius 3 is 2.36 bits per heavy atom. The largest absolute Gasteiger partial charge is 0.345 e. The number of aromatic nitrogens is 3. The van der Waals surface area contributed by atoms with Gasteiger partial charge in [-0.1, -0.05) is 90.5 Å². The van der Waals surface area contributed by atoms with Gasteiger partial charge in [0.15, 0.2) is 5.65 Å². The van der Waals surface area contributed by atoms with Gasteiger partial charge in [0.25, 0.3) is 5.91 Å². The molecule has 1 amide bonds. The van der Waals surface area contributed by atoms with Crippen LogP contribution in [0.1, 0.15) is 27.5 Å². The van der Waals surface area contributed by atoms with Gasteiger partial charge in [-0.3, -0.25) is 4.79 Å². The summed E-state index contributed by atoms with van der Waals surface area (Å²) >= 11 is 6.40. The van der Waals surface area contributed by atoms with Crippen molar-refractivity contribution in [2.45, 2.75) is 12.5 Å². The maximum absolute atomic E-state index is 13.4. The monoisotopic (exact) mass is 452 g/mol. The van der Waals surface area contributed by atoms with Crippen LogP contribution in [0.15, 0.2) is 103 Å². The van der Waals surface area contributed by atoms with Crippen LogP contribution in [0, 0.1) is 0 Å². The Bertz CT molecular complexity index is 1400. The van der Waals surface area contributed by atoms with Crippen molar-refractivity contribution in [3.63, 3.8) is 0 Å². The molecule has 2 heterocycles. The Morgan fingerprint density at radius 1 is 0.909 bits per heavy atom. The summed E-state index contributed by atoms with van der Waals surface area (Å²) in [4.78, 5) is 17.8. The molecule has 5 nitrogen and oxygen atoms in total. The van der Waals surface area contributed by atoms with Gasteiger partial charge in [0.1, 0.15) is 5.56 Å². The third kappa shape index (κ3) is 4.36. The summed E-state index contributed by atoms with van der Waals surface area (Å²) in [7, 11) is 0. The topological polar surface area (TPSA) is 59.3 Å². The second kappa shape index (κ2) is 9.27. The summed E-state index contributed by atoms with van der Waals surface area (Å²) in [5.41, 5.74) is 4.68. The molecular formula is C27H21ClN4O. The minimum absolute atomic E-state index is 0.192. The molecule has 1 atom stereocenters. The third-order valence-corrected chi connectivity index (χ3v) is 5.92. The van der Waals surface area contributed by atoms with Crippen LogP contribution in [0.5, 0.6) is 0 Å². The predicted octanol–water partition coefficient (Wildman–Crippen LogP) is 5.76. The van der Waals surface area contributed by atoms with E-state index in [4.69, 9.17) is 11.6 Å². The SMILES string of the molecule is O=C(N[C@H](Cc1ccccc1)c1ccccc1)c1cnn2c(-c3ccccc3Cl)ccnc12. The summed E-state index contributed by atoms with van der Waals surface area (Å²) in [6, 6.07) is 29.3. The van der Waals surface area contributed by atoms with E-state index < -0.39 is 0 Å². The van der Waals surface area contributed by atoms with E-state index in [2.05, 4.69) is 27.5 Å². The van der Waals surface area contributed by atoms with E-state index in [0.29, 0.717) is 22.7 Å². The first-order valence-corrected chi connectivity index (χ1v) is 11.1. The van der Waals surface area contributed by atoms with Crippen molar-refractivity contribution in [1.29, 1.82) is 0 Å². The molecule has 0 bridgehead atoms. The van der Waals surface area contributed by atoms with Crippen molar-refractivity contribution in [1.82, 2.24) is 19.9 Å². The van der Waals surface area contributed by atoms with Gasteiger partial charge in [-0.15, -0.1) is 0 Å². The van der Waals surface area contributed by atoms with Crippen LogP contribution in [0.2, 0.25) is 5.02 Å². The first-order chi connectivity index (χ1) is 16.2. The lowest BCUT2D eigenvalue weighted by Crippen LogP contribution is -2.30. The number of hydrogen-bond acceptors (Lipinski definition) is 3. The normalized spacial score (nSPS) is 11.9. The average molecular weight is 453 g/mol. The molecule has 0 aliphatic heterocycles. The lowest BCUT2D eigenvalue weighted by molar-refractivity contribution is 0.0938. The second-order valence-electron chi connectivity index (χ2n) is 7.73. The standard InChI is InChI=1S/C27H21ClN4O/c28-23-14-8-7-13-21(23)25-15-16-29-26-22(18-30-32(25)26)27(33)31-24(20-11-5-2-6-12-20)17-19-9-3-1-4-10-19/h1-16,18,24H,17H2,(H,31,33)/t24-/m1/s1. The first-order valence-electron chi connectivity index (χ1n) is 10.7. The quantitative estimate of drug-likeness (QED) is 0.356. The van der Waals surface area contributed by atoms with Gasteiger partial charge >= 0.3 is 0 Å². The number of nitrogens with one attached hydrogen (secondary N) is 1. The average Bonchev–Trinajstić information content (AvgIpc) is 3.30. The summed E-state index contributed by atoms with van der Waals surface area (Å²) in [6.45, 7) is 0. The number of amides is 1. The Kier molecular flexibility index (Phi) is 5.87. The van der Waals surface area contributed by atoms with Crippen molar-refractivity contribution in [3.05, 3.63) is 125 Å². The number of carbonyl (C=O) groups excluding carboxylic acids is 1. The number of carbonyl (C=O) groups is 1. The fraction of sp³-hybridized carbons (Fsp3) is 0.0741. The van der Waals surface area contributed by atoms with Crippen molar-refractivity contribution in [3.8, 4) is 11.3 Å². The van der Waals surface area contributed by atoms with E-state index in [1.54, 1.807) is 16.9 Å². The van der Waals surface area contributed by atoms with Crippen molar-refractivity contribution in [2.24, 2.45) is 0 Å². The van der Waals surface area contributed by atoms with E-state index in [9.17, 15) is 4.79 Å². The highest BCUT2D eigenvalue weighted by Gasteiger charge is 2.21. The fourth-order valence-electron chi connectivity index (χ4n) is 3.95. The highest BCUT2D eigenvalue weighted by Crippen LogP contribution is 2.28. The van der Waals surface area contributed by atoms with E-state index >= 15 is 0 Å². The maximum Gasteiger partial charge on any atom is 0.257 e. The summed E-state index contributed by atoms with van der Waals surface area (Å²) in [5.74, 6) is -0.224. The van der Waals surface area contributed by atoms with E-state index in [0.717, 1.165) is 22.4 Å². The number of fused-ring (bicyclic) bond motifs is 1. The van der Waals surface area contributed by atoms with Gasteiger partial charge in [0.05, 0.1) is 17.9 Å². The molecule has 0 spiro atoms. The molecule has 3 aromatic carbocycles. The van der Waals surface area contributed by atoms with Crippen LogP contribution in [0.4, 0.5) is 0 Å². The van der Waals surface area contributed by atoms with Gasteiger partial charge in [0.2, 0.25) is 0 Å². The van der Waals surface area contributed by atoms with Crippen LogP contribution in [-0.4, -0.2) is 20.5 Å². The lowest BCUT2D eigenvalue weighted by Gasteiger charge is -2.19. The van der Waals surface area contributed by atoms with Crippen LogP contribution >= 0.6 is 11.6 Å². The van der Waals surface area contributed by atoms with Crippen LogP contribution < -0.4 is 5.32 Å². The molecule has 0 radical (unpaired) electrons. The van der Waals surface area contributed by atoms with Gasteiger partial charge in [-0.2, -0.15) is 5.10 Å². The zero-order chi connectivity index (χ0) is 22.6. The Balaban J connectivity index is 1.49. The fourth-order valence-corrected chi connectivity index (χ4v) is 4.18. The molecule has 0 fully saturated rings. The first kappa shape index (κ1) is 20.9. The Morgan fingerprint density at radius 2 is 1.61 bits per heavy atom. The number of hydrogen-bond donors (Lipinski definition) is 1. The van der Waals surface area contributed by atoms with E-state index in [-0.39, 0.29) is 11.9 Å². The minimum atomic E-state index is -0.224. The molecule has 0 unspecified atom stereocenters. The molecule has 6 heteroatoms. The highest BCUT2D eigenvalue weighted by molar-refractivity contribution is 6.33. The van der Waals surface area contributed by atoms with Crippen molar-refractivity contribution < 1.29 is 4.79 Å². The predicted molar refractivity (Wildman–Crippen MR) is 130 cm³/mol. The van der Waals surface area contributed by atoms with Crippen LogP contribution in [0.25, 0.3) is 16.9 Å². The van der Waals surface area contributed by atoms with Crippen molar-refractivity contribution >= 4 is 23.2 Å². The molecule has 0 saturated heterocycles. The molecule has 0 aliphatic rings. The second-order valence-corrected chi connectivity index (χ2v) is 8.14. The van der Waals surface area contributed by atoms with Crippen LogP contribution in [-0.2, 0) is 6.42 Å². The Labute approximate surface area is 196 Å². The summed E-state index contributed by atoms with van der Waals surface area (Å²) < 4.78 is 1.66. The molecule has 2 aromatic heterocycles. The van der Waals surface area contributed by atoms with Crippen LogP contribution in [0.3, 0.4) is 0 Å².